The Hall–Kier alpha value is -3.41. The first-order chi connectivity index (χ1) is 13.0. The summed E-state index contributed by atoms with van der Waals surface area (Å²) >= 11 is 0. The summed E-state index contributed by atoms with van der Waals surface area (Å²) in [6, 6.07) is 9.97. The smallest absolute Gasteiger partial charge is 0.229 e. The molecular weight excluding hydrogens is 338 g/mol. The largest absolute Gasteiger partial charge is 0.443 e. The molecule has 4 aromatic rings. The molecule has 0 aliphatic carbocycles. The van der Waals surface area contributed by atoms with Crippen molar-refractivity contribution in [3.05, 3.63) is 65.2 Å². The van der Waals surface area contributed by atoms with Gasteiger partial charge in [-0.05, 0) is 74.7 Å². The fourth-order valence-corrected chi connectivity index (χ4v) is 2.94. The molecule has 6 heteroatoms. The normalized spacial score (nSPS) is 11.0. The number of nitrogens with one attached hydrogen (secondary N) is 2. The maximum absolute atomic E-state index is 5.29. The van der Waals surface area contributed by atoms with E-state index in [-0.39, 0.29) is 0 Å². The summed E-state index contributed by atoms with van der Waals surface area (Å²) in [5.41, 5.74) is 8.17. The zero-order valence-electron chi connectivity index (χ0n) is 15.8. The van der Waals surface area contributed by atoms with E-state index in [4.69, 9.17) is 4.42 Å². The van der Waals surface area contributed by atoms with Crippen LogP contribution in [-0.4, -0.2) is 15.0 Å². The summed E-state index contributed by atoms with van der Waals surface area (Å²) in [5.74, 6) is 1.30. The number of benzene rings is 2. The van der Waals surface area contributed by atoms with E-state index in [9.17, 15) is 0 Å². The number of anilines is 4. The van der Waals surface area contributed by atoms with Crippen LogP contribution in [-0.2, 0) is 0 Å². The average Bonchev–Trinajstić information content (AvgIpc) is 3.10. The standard InChI is InChI=1S/C21H21N5O/c1-12-7-17(8-13(2)15(12)4)25-21-22-10-14(3)20(26-21)24-16-5-6-19-18(9-16)23-11-27-19/h5-11H,1-4H3,(H2,22,24,25,26). The van der Waals surface area contributed by atoms with Crippen LogP contribution in [0.15, 0.2) is 47.3 Å². The van der Waals surface area contributed by atoms with Gasteiger partial charge < -0.3 is 15.1 Å². The third kappa shape index (κ3) is 3.46. The van der Waals surface area contributed by atoms with Crippen LogP contribution in [0.1, 0.15) is 22.3 Å². The van der Waals surface area contributed by atoms with E-state index in [1.807, 2.05) is 25.1 Å². The highest BCUT2D eigenvalue weighted by atomic mass is 16.3. The molecule has 0 radical (unpaired) electrons. The van der Waals surface area contributed by atoms with E-state index in [1.165, 1.54) is 23.1 Å². The first-order valence-electron chi connectivity index (χ1n) is 8.78. The molecule has 6 nitrogen and oxygen atoms in total. The number of hydrogen-bond acceptors (Lipinski definition) is 6. The highest BCUT2D eigenvalue weighted by molar-refractivity contribution is 5.78. The van der Waals surface area contributed by atoms with Gasteiger partial charge in [0, 0.05) is 23.1 Å². The number of hydrogen-bond donors (Lipinski definition) is 2. The third-order valence-corrected chi connectivity index (χ3v) is 4.75. The van der Waals surface area contributed by atoms with Crippen molar-refractivity contribution in [3.8, 4) is 0 Å². The number of fused-ring (bicyclic) bond motifs is 1. The van der Waals surface area contributed by atoms with Crippen LogP contribution in [0.3, 0.4) is 0 Å². The van der Waals surface area contributed by atoms with Gasteiger partial charge in [0.05, 0.1) is 0 Å². The highest BCUT2D eigenvalue weighted by Crippen LogP contribution is 2.25. The second-order valence-electron chi connectivity index (χ2n) is 6.75. The van der Waals surface area contributed by atoms with Crippen LogP contribution in [0.2, 0.25) is 0 Å². The molecule has 0 unspecified atom stereocenters. The van der Waals surface area contributed by atoms with Gasteiger partial charge in [-0.15, -0.1) is 0 Å². The Labute approximate surface area is 157 Å². The zero-order chi connectivity index (χ0) is 19.0. The summed E-state index contributed by atoms with van der Waals surface area (Å²) in [4.78, 5) is 13.2. The lowest BCUT2D eigenvalue weighted by Crippen LogP contribution is -2.03. The minimum Gasteiger partial charge on any atom is -0.443 e. The molecule has 0 bridgehead atoms. The van der Waals surface area contributed by atoms with Crippen LogP contribution in [0, 0.1) is 27.7 Å². The molecule has 0 aliphatic heterocycles. The topological polar surface area (TPSA) is 75.9 Å². The van der Waals surface area contributed by atoms with E-state index in [2.05, 4.69) is 58.5 Å². The van der Waals surface area contributed by atoms with Gasteiger partial charge in [0.2, 0.25) is 5.95 Å². The number of aryl methyl sites for hydroxylation is 3. The average molecular weight is 359 g/mol. The Kier molecular flexibility index (Phi) is 4.24. The van der Waals surface area contributed by atoms with Crippen molar-refractivity contribution in [3.63, 3.8) is 0 Å². The van der Waals surface area contributed by atoms with Crippen LogP contribution in [0.25, 0.3) is 11.1 Å². The summed E-state index contributed by atoms with van der Waals surface area (Å²) in [6.07, 6.45) is 3.25. The second kappa shape index (κ2) is 6.72. The first kappa shape index (κ1) is 17.0. The quantitative estimate of drug-likeness (QED) is 0.512. The lowest BCUT2D eigenvalue weighted by molar-refractivity contribution is 0.602. The molecule has 2 aromatic heterocycles. The molecule has 2 aromatic carbocycles. The molecule has 136 valence electrons. The van der Waals surface area contributed by atoms with Crippen molar-refractivity contribution < 1.29 is 4.42 Å². The van der Waals surface area contributed by atoms with Crippen LogP contribution < -0.4 is 10.6 Å². The van der Waals surface area contributed by atoms with Crippen molar-refractivity contribution in [2.45, 2.75) is 27.7 Å². The van der Waals surface area contributed by atoms with Crippen molar-refractivity contribution in [1.29, 1.82) is 0 Å². The van der Waals surface area contributed by atoms with E-state index in [0.717, 1.165) is 33.9 Å². The van der Waals surface area contributed by atoms with E-state index in [0.29, 0.717) is 5.95 Å². The van der Waals surface area contributed by atoms with Crippen molar-refractivity contribution >= 4 is 34.2 Å². The summed E-state index contributed by atoms with van der Waals surface area (Å²) in [7, 11) is 0. The number of rotatable bonds is 4. The van der Waals surface area contributed by atoms with Crippen molar-refractivity contribution in [1.82, 2.24) is 15.0 Å². The Balaban J connectivity index is 1.61. The molecule has 0 atom stereocenters. The number of oxazole rings is 1. The molecule has 0 aliphatic rings. The zero-order valence-corrected chi connectivity index (χ0v) is 15.8. The maximum atomic E-state index is 5.29. The van der Waals surface area contributed by atoms with Crippen molar-refractivity contribution in [2.24, 2.45) is 0 Å². The molecule has 0 saturated heterocycles. The molecular formula is C21H21N5O. The van der Waals surface area contributed by atoms with Crippen LogP contribution >= 0.6 is 0 Å². The maximum Gasteiger partial charge on any atom is 0.229 e. The summed E-state index contributed by atoms with van der Waals surface area (Å²) < 4.78 is 5.29. The Morgan fingerprint density at radius 2 is 1.59 bits per heavy atom. The summed E-state index contributed by atoms with van der Waals surface area (Å²) in [6.45, 7) is 8.32. The molecule has 2 N–H and O–H groups in total. The van der Waals surface area contributed by atoms with Gasteiger partial charge in [0.15, 0.2) is 12.0 Å². The Bertz CT molecular complexity index is 1110. The Morgan fingerprint density at radius 3 is 2.37 bits per heavy atom. The Morgan fingerprint density at radius 1 is 0.815 bits per heavy atom. The fraction of sp³-hybridized carbons (Fsp3) is 0.190. The van der Waals surface area contributed by atoms with Gasteiger partial charge in [-0.25, -0.2) is 9.97 Å². The second-order valence-corrected chi connectivity index (χ2v) is 6.75. The summed E-state index contributed by atoms with van der Waals surface area (Å²) in [5, 5.41) is 6.64. The number of aromatic nitrogens is 3. The third-order valence-electron chi connectivity index (χ3n) is 4.75. The van der Waals surface area contributed by atoms with Gasteiger partial charge in [-0.1, -0.05) is 0 Å². The first-order valence-corrected chi connectivity index (χ1v) is 8.78. The number of nitrogens with zero attached hydrogens (tertiary/aromatic N) is 3. The van der Waals surface area contributed by atoms with E-state index < -0.39 is 0 Å². The minimum absolute atomic E-state index is 0.549. The van der Waals surface area contributed by atoms with Crippen LogP contribution in [0.4, 0.5) is 23.1 Å². The van der Waals surface area contributed by atoms with Gasteiger partial charge in [-0.3, -0.25) is 0 Å². The van der Waals surface area contributed by atoms with Gasteiger partial charge in [-0.2, -0.15) is 4.98 Å². The molecule has 0 amide bonds. The van der Waals surface area contributed by atoms with Gasteiger partial charge in [0.1, 0.15) is 11.3 Å². The van der Waals surface area contributed by atoms with E-state index in [1.54, 1.807) is 6.20 Å². The molecule has 0 fully saturated rings. The molecule has 2 heterocycles. The fourth-order valence-electron chi connectivity index (χ4n) is 2.94. The van der Waals surface area contributed by atoms with Gasteiger partial charge >= 0.3 is 0 Å². The molecule has 27 heavy (non-hydrogen) atoms. The van der Waals surface area contributed by atoms with Crippen molar-refractivity contribution in [2.75, 3.05) is 10.6 Å². The molecule has 0 saturated carbocycles. The van der Waals surface area contributed by atoms with Crippen LogP contribution in [0.5, 0.6) is 0 Å². The lowest BCUT2D eigenvalue weighted by atomic mass is 10.0. The lowest BCUT2D eigenvalue weighted by Gasteiger charge is -2.13. The molecule has 0 spiro atoms. The van der Waals surface area contributed by atoms with Gasteiger partial charge in [0.25, 0.3) is 0 Å². The monoisotopic (exact) mass is 359 g/mol. The highest BCUT2D eigenvalue weighted by Gasteiger charge is 2.08. The predicted octanol–water partition coefficient (Wildman–Crippen LogP) is 5.34. The van der Waals surface area contributed by atoms with E-state index >= 15 is 0 Å². The SMILES string of the molecule is Cc1cnc(Nc2cc(C)c(C)c(C)c2)nc1Nc1ccc2ocnc2c1. The molecule has 4 rings (SSSR count). The minimum atomic E-state index is 0.549. The predicted molar refractivity (Wildman–Crippen MR) is 108 cm³/mol.